The molecule has 0 radical (unpaired) electrons. The quantitative estimate of drug-likeness (QED) is 0.928. The van der Waals surface area contributed by atoms with Crippen molar-refractivity contribution in [3.05, 3.63) is 29.3 Å². The van der Waals surface area contributed by atoms with E-state index >= 15 is 0 Å². The van der Waals surface area contributed by atoms with Crippen molar-refractivity contribution in [2.45, 2.75) is 18.2 Å². The van der Waals surface area contributed by atoms with Crippen LogP contribution in [0.1, 0.15) is 6.42 Å². The molecule has 1 heterocycles. The fourth-order valence-electron chi connectivity index (χ4n) is 2.01. The minimum atomic E-state index is -4.75. The average Bonchev–Trinajstić information content (AvgIpc) is 2.81. The Kier molecular flexibility index (Phi) is 4.34. The van der Waals surface area contributed by atoms with E-state index in [2.05, 4.69) is 0 Å². The second-order valence-corrected chi connectivity index (χ2v) is 5.27. The van der Waals surface area contributed by atoms with Crippen LogP contribution in [0.25, 0.3) is 0 Å². The molecule has 1 aromatic rings. The van der Waals surface area contributed by atoms with E-state index in [1.54, 1.807) is 24.3 Å². The van der Waals surface area contributed by atoms with Gasteiger partial charge in [-0.2, -0.15) is 13.2 Å². The number of hydrogen-bond acceptors (Lipinski definition) is 3. The zero-order valence-electron chi connectivity index (χ0n) is 10.9. The Morgan fingerprint density at radius 1 is 1.38 bits per heavy atom. The molecule has 116 valence electrons. The first-order valence-corrected chi connectivity index (χ1v) is 6.54. The van der Waals surface area contributed by atoms with Gasteiger partial charge < -0.3 is 14.7 Å². The van der Waals surface area contributed by atoms with Crippen LogP contribution >= 0.6 is 11.6 Å². The molecule has 0 aliphatic carbocycles. The van der Waals surface area contributed by atoms with Gasteiger partial charge in [-0.15, -0.1) is 0 Å². The first kappa shape index (κ1) is 15.9. The van der Waals surface area contributed by atoms with Gasteiger partial charge in [-0.1, -0.05) is 11.6 Å². The van der Waals surface area contributed by atoms with Gasteiger partial charge in [0.05, 0.1) is 6.54 Å². The summed E-state index contributed by atoms with van der Waals surface area (Å²) in [6.07, 6.45) is -5.28. The highest BCUT2D eigenvalue weighted by atomic mass is 35.5. The second kappa shape index (κ2) is 5.73. The third-order valence-electron chi connectivity index (χ3n) is 3.30. The van der Waals surface area contributed by atoms with Gasteiger partial charge in [-0.05, 0) is 24.3 Å². The summed E-state index contributed by atoms with van der Waals surface area (Å²) in [4.78, 5) is 12.7. The van der Waals surface area contributed by atoms with Crippen molar-refractivity contribution < 1.29 is 27.8 Å². The van der Waals surface area contributed by atoms with Gasteiger partial charge in [0.15, 0.2) is 12.2 Å². The molecule has 0 spiro atoms. The third-order valence-corrected chi connectivity index (χ3v) is 3.56. The Bertz CT molecular complexity index is 520. The van der Waals surface area contributed by atoms with Crippen LogP contribution in [0.4, 0.5) is 13.2 Å². The van der Waals surface area contributed by atoms with E-state index in [1.165, 1.54) is 0 Å². The lowest BCUT2D eigenvalue weighted by molar-refractivity contribution is -0.253. The maximum Gasteiger partial charge on any atom is 0.419 e. The van der Waals surface area contributed by atoms with Crippen molar-refractivity contribution in [2.75, 3.05) is 19.7 Å². The van der Waals surface area contributed by atoms with Gasteiger partial charge in [0.1, 0.15) is 5.75 Å². The van der Waals surface area contributed by atoms with Gasteiger partial charge >= 0.3 is 6.18 Å². The van der Waals surface area contributed by atoms with Crippen LogP contribution in [0.2, 0.25) is 5.02 Å². The molecule has 1 aromatic carbocycles. The van der Waals surface area contributed by atoms with Gasteiger partial charge in [-0.3, -0.25) is 4.79 Å². The molecule has 8 heteroatoms. The van der Waals surface area contributed by atoms with E-state index in [-0.39, 0.29) is 6.54 Å². The fourth-order valence-corrected chi connectivity index (χ4v) is 2.13. The summed E-state index contributed by atoms with van der Waals surface area (Å²) in [6.45, 7) is -1.31. The molecule has 0 saturated carbocycles. The van der Waals surface area contributed by atoms with Crippen LogP contribution in [-0.2, 0) is 4.79 Å². The molecule has 0 aromatic heterocycles. The number of β-amino-alcohol motifs (C(OH)–C–C–N with tert-alkyl or cyclic N) is 1. The number of carbonyl (C=O) groups is 1. The summed E-state index contributed by atoms with van der Waals surface area (Å²) in [6, 6.07) is 6.23. The molecule has 1 saturated heterocycles. The van der Waals surface area contributed by atoms with Crippen molar-refractivity contribution in [1.82, 2.24) is 4.90 Å². The molecule has 1 N–H and O–H groups in total. The molecule has 1 atom stereocenters. The number of ether oxygens (including phenoxy) is 1. The molecule has 21 heavy (non-hydrogen) atoms. The number of likely N-dealkylation sites (tertiary alicyclic amines) is 1. The maximum absolute atomic E-state index is 12.6. The Morgan fingerprint density at radius 3 is 2.52 bits per heavy atom. The lowest BCUT2D eigenvalue weighted by atomic mass is 10.0. The number of alkyl halides is 3. The molecule has 0 bridgehead atoms. The van der Waals surface area contributed by atoms with Crippen LogP contribution < -0.4 is 4.74 Å². The topological polar surface area (TPSA) is 49.8 Å². The average molecular weight is 324 g/mol. The second-order valence-electron chi connectivity index (χ2n) is 4.84. The van der Waals surface area contributed by atoms with Crippen LogP contribution in [0.15, 0.2) is 24.3 Å². The molecule has 1 unspecified atom stereocenters. The first-order valence-electron chi connectivity index (χ1n) is 6.16. The SMILES string of the molecule is O=C(COc1ccc(Cl)cc1)N1CCC(O)(C(F)(F)F)C1. The zero-order valence-corrected chi connectivity index (χ0v) is 11.6. The smallest absolute Gasteiger partial charge is 0.419 e. The largest absolute Gasteiger partial charge is 0.484 e. The van der Waals surface area contributed by atoms with Gasteiger partial charge in [0, 0.05) is 18.0 Å². The van der Waals surface area contributed by atoms with Gasteiger partial charge in [-0.25, -0.2) is 0 Å². The molecule has 1 amide bonds. The molecule has 1 aliphatic rings. The van der Waals surface area contributed by atoms with Crippen LogP contribution in [0.5, 0.6) is 5.75 Å². The van der Waals surface area contributed by atoms with Crippen LogP contribution in [0.3, 0.4) is 0 Å². The Morgan fingerprint density at radius 2 is 2.00 bits per heavy atom. The Labute approximate surface area is 124 Å². The van der Waals surface area contributed by atoms with E-state index in [4.69, 9.17) is 16.3 Å². The van der Waals surface area contributed by atoms with Crippen LogP contribution in [0, 0.1) is 0 Å². The number of nitrogens with zero attached hydrogens (tertiary/aromatic N) is 1. The molecule has 2 rings (SSSR count). The van der Waals surface area contributed by atoms with E-state index in [9.17, 15) is 23.1 Å². The highest BCUT2D eigenvalue weighted by Crippen LogP contribution is 2.37. The number of benzene rings is 1. The minimum Gasteiger partial charge on any atom is -0.484 e. The summed E-state index contributed by atoms with van der Waals surface area (Å²) in [5, 5.41) is 9.99. The van der Waals surface area contributed by atoms with E-state index in [0.29, 0.717) is 10.8 Å². The van der Waals surface area contributed by atoms with Crippen LogP contribution in [-0.4, -0.2) is 47.4 Å². The summed E-state index contributed by atoms with van der Waals surface area (Å²) >= 11 is 5.69. The first-order chi connectivity index (χ1) is 9.71. The molecular formula is C13H13ClF3NO3. The maximum atomic E-state index is 12.6. The Balaban J connectivity index is 1.89. The summed E-state index contributed by atoms with van der Waals surface area (Å²) < 4.78 is 43.1. The molecule has 1 aliphatic heterocycles. The van der Waals surface area contributed by atoms with Crippen molar-refractivity contribution in [3.63, 3.8) is 0 Å². The summed E-state index contributed by atoms with van der Waals surface area (Å²) in [7, 11) is 0. The molecular weight excluding hydrogens is 311 g/mol. The normalized spacial score (nSPS) is 22.4. The van der Waals surface area contributed by atoms with Crippen molar-refractivity contribution >= 4 is 17.5 Å². The van der Waals surface area contributed by atoms with Crippen molar-refractivity contribution in [3.8, 4) is 5.75 Å². The number of rotatable bonds is 3. The summed E-state index contributed by atoms with van der Waals surface area (Å²) in [5.74, 6) is -0.219. The standard InChI is InChI=1S/C13H13ClF3NO3/c14-9-1-3-10(4-2-9)21-7-11(19)18-6-5-12(20,8-18)13(15,16)17/h1-4,20H,5-8H2. The lowest BCUT2D eigenvalue weighted by Crippen LogP contribution is -2.48. The van der Waals surface area contributed by atoms with E-state index in [0.717, 1.165) is 4.90 Å². The number of hydrogen-bond donors (Lipinski definition) is 1. The van der Waals surface area contributed by atoms with E-state index in [1.807, 2.05) is 0 Å². The highest BCUT2D eigenvalue weighted by Gasteiger charge is 2.57. The Hall–Kier alpha value is -1.47. The highest BCUT2D eigenvalue weighted by molar-refractivity contribution is 6.30. The minimum absolute atomic E-state index is 0.154. The number of amides is 1. The number of carbonyl (C=O) groups excluding carboxylic acids is 1. The number of aliphatic hydroxyl groups is 1. The summed E-state index contributed by atoms with van der Waals surface area (Å²) in [5.41, 5.74) is -2.83. The number of halogens is 4. The molecule has 1 fully saturated rings. The monoisotopic (exact) mass is 323 g/mol. The molecule has 4 nitrogen and oxygen atoms in total. The van der Waals surface area contributed by atoms with E-state index < -0.39 is 37.3 Å². The van der Waals surface area contributed by atoms with Crippen molar-refractivity contribution in [2.24, 2.45) is 0 Å². The van der Waals surface area contributed by atoms with Gasteiger partial charge in [0.25, 0.3) is 5.91 Å². The third kappa shape index (κ3) is 3.59. The van der Waals surface area contributed by atoms with Crippen molar-refractivity contribution in [1.29, 1.82) is 0 Å². The lowest BCUT2D eigenvalue weighted by Gasteiger charge is -2.25. The fraction of sp³-hybridized carbons (Fsp3) is 0.462. The predicted octanol–water partition coefficient (Wildman–Crippen LogP) is 2.24. The predicted molar refractivity (Wildman–Crippen MR) is 69.1 cm³/mol. The zero-order chi connectivity index (χ0) is 15.7. The van der Waals surface area contributed by atoms with Gasteiger partial charge in [0.2, 0.25) is 0 Å².